The van der Waals surface area contributed by atoms with Crippen LogP contribution in [0.5, 0.6) is 0 Å². The van der Waals surface area contributed by atoms with Crippen LogP contribution in [0.15, 0.2) is 437 Å². The van der Waals surface area contributed by atoms with E-state index in [0.29, 0.717) is 0 Å². The summed E-state index contributed by atoms with van der Waals surface area (Å²) in [6.45, 7) is 0. The van der Waals surface area contributed by atoms with Gasteiger partial charge < -0.3 is 0 Å². The molecule has 0 bridgehead atoms. The van der Waals surface area contributed by atoms with Gasteiger partial charge in [-0.1, -0.05) is 340 Å². The van der Waals surface area contributed by atoms with Crippen LogP contribution < -0.4 is 0 Å². The van der Waals surface area contributed by atoms with E-state index in [4.69, 9.17) is 9.97 Å². The van der Waals surface area contributed by atoms with Crippen LogP contribution in [-0.4, -0.2) is 19.1 Å². The van der Waals surface area contributed by atoms with Crippen molar-refractivity contribution in [2.45, 2.75) is 0 Å². The van der Waals surface area contributed by atoms with E-state index >= 15 is 0 Å². The summed E-state index contributed by atoms with van der Waals surface area (Å²) in [5.74, 6) is 1.88. The molecule has 2 aliphatic rings. The lowest BCUT2D eigenvalue weighted by molar-refractivity contribution is 1.10. The molecule has 2 heterocycles. The first kappa shape index (κ1) is 69.0. The molecular weight excluding hydrogens is 1470 g/mol. The highest BCUT2D eigenvalue weighted by Gasteiger charge is 2.29. The number of para-hydroxylation sites is 4. The number of aromatic nitrogens is 4. The molecule has 122 heavy (non-hydrogen) atoms. The van der Waals surface area contributed by atoms with Crippen molar-refractivity contribution in [3.63, 3.8) is 0 Å². The maximum atomic E-state index is 5.08. The largest absolute Gasteiger partial charge is 0.292 e. The number of hydrogen-bond acceptors (Lipinski definition) is 2. The molecule has 0 aliphatic heterocycles. The quantitative estimate of drug-likeness (QED) is 0.128. The fraction of sp³-hybridized carbons (Fsp3) is 0. The van der Waals surface area contributed by atoms with Gasteiger partial charge in [0.15, 0.2) is 0 Å². The minimum absolute atomic E-state index is 0.942. The van der Waals surface area contributed by atoms with E-state index in [0.717, 1.165) is 56.2 Å². The van der Waals surface area contributed by atoms with Crippen molar-refractivity contribution < 1.29 is 0 Å². The second-order valence-corrected chi connectivity index (χ2v) is 32.5. The monoisotopic (exact) mass is 1540 g/mol. The average molecular weight is 1550 g/mol. The maximum Gasteiger partial charge on any atom is 0.145 e. The molecule has 0 saturated carbocycles. The Morgan fingerprint density at radius 1 is 0.139 bits per heavy atom. The molecule has 0 N–H and O–H groups in total. The number of rotatable bonds is 10. The number of hydrogen-bond donors (Lipinski definition) is 0. The molecule has 0 unspecified atom stereocenters. The molecule has 24 aromatic rings. The lowest BCUT2D eigenvalue weighted by atomic mass is 9.86. The van der Waals surface area contributed by atoms with E-state index in [2.05, 4.69) is 446 Å². The molecule has 4 heteroatoms. The third-order valence-corrected chi connectivity index (χ3v) is 25.9. The van der Waals surface area contributed by atoms with E-state index in [1.807, 2.05) is 0 Å². The predicted octanol–water partition coefficient (Wildman–Crippen LogP) is 31.9. The number of imidazole rings is 2. The zero-order chi connectivity index (χ0) is 80.0. The summed E-state index contributed by atoms with van der Waals surface area (Å²) < 4.78 is 4.56. The van der Waals surface area contributed by atoms with Gasteiger partial charge in [-0.05, 0) is 295 Å². The van der Waals surface area contributed by atoms with E-state index in [1.54, 1.807) is 0 Å². The summed E-state index contributed by atoms with van der Waals surface area (Å²) in [4.78, 5) is 10.2. The summed E-state index contributed by atoms with van der Waals surface area (Å²) >= 11 is 0. The van der Waals surface area contributed by atoms with E-state index in [-0.39, 0.29) is 0 Å². The lowest BCUT2D eigenvalue weighted by Crippen LogP contribution is -1.97. The summed E-state index contributed by atoms with van der Waals surface area (Å²) in [5.41, 5.74) is 33.7. The van der Waals surface area contributed by atoms with Crippen LogP contribution in [0.2, 0.25) is 0 Å². The predicted molar refractivity (Wildman–Crippen MR) is 515 cm³/mol. The third kappa shape index (κ3) is 10.9. The highest BCUT2D eigenvalue weighted by Crippen LogP contribution is 2.56. The molecule has 0 saturated heterocycles. The fourth-order valence-electron chi connectivity index (χ4n) is 20.3. The molecule has 0 atom stereocenters. The number of benzene rings is 22. The Bertz CT molecular complexity index is 7980. The molecule has 4 nitrogen and oxygen atoms in total. The number of fused-ring (bicyclic) bond motifs is 18. The Balaban J connectivity index is 0.000000134. The summed E-state index contributed by atoms with van der Waals surface area (Å²) in [7, 11) is 0. The second kappa shape index (κ2) is 27.8. The molecule has 22 aromatic carbocycles. The van der Waals surface area contributed by atoms with Gasteiger partial charge in [-0.3, -0.25) is 9.13 Å². The summed E-state index contributed by atoms with van der Waals surface area (Å²) in [6.07, 6.45) is 0. The normalized spacial score (nSPS) is 11.9. The van der Waals surface area contributed by atoms with Crippen LogP contribution in [0.3, 0.4) is 0 Å². The molecular formula is C118H72N4. The van der Waals surface area contributed by atoms with Gasteiger partial charge >= 0.3 is 0 Å². The van der Waals surface area contributed by atoms with Crippen molar-refractivity contribution in [3.05, 3.63) is 437 Å². The van der Waals surface area contributed by atoms with Crippen molar-refractivity contribution in [2.24, 2.45) is 0 Å². The van der Waals surface area contributed by atoms with Gasteiger partial charge in [0.05, 0.1) is 22.1 Å². The SMILES string of the molecule is c1ccc(-c2cc3c4cc5c(cc4c(-c4ccccc4)cc3c3ccccc23)-c2ccc(-c3ccc(-n4c(-c6ccccc6)nc6ccccc64)cc3)c3cccc-5c23)cc1.c1ccc(-c2cc3c4cc5c(cc4c(-c4ccccc4)cc3c3ccccc23)-c2cccc3c(-c4ccc(-n6c(-c7ccccc7)nc7ccccc76)cc4)ccc-5c23)cc1. The van der Waals surface area contributed by atoms with Gasteiger partial charge in [0.25, 0.3) is 0 Å². The molecule has 26 rings (SSSR count). The van der Waals surface area contributed by atoms with E-state index < -0.39 is 0 Å². The number of nitrogens with zero attached hydrogens (tertiary/aromatic N) is 4. The van der Waals surface area contributed by atoms with E-state index in [9.17, 15) is 0 Å². The zero-order valence-electron chi connectivity index (χ0n) is 66.4. The third-order valence-electron chi connectivity index (χ3n) is 25.9. The second-order valence-electron chi connectivity index (χ2n) is 32.5. The van der Waals surface area contributed by atoms with Crippen LogP contribution >= 0.6 is 0 Å². The van der Waals surface area contributed by atoms with Crippen LogP contribution in [0.1, 0.15) is 0 Å². The maximum absolute atomic E-state index is 5.08. The zero-order valence-corrected chi connectivity index (χ0v) is 66.4. The molecule has 0 spiro atoms. The topological polar surface area (TPSA) is 35.6 Å². The van der Waals surface area contributed by atoms with Gasteiger partial charge in [-0.15, -0.1) is 0 Å². The van der Waals surface area contributed by atoms with Gasteiger partial charge in [-0.25, -0.2) is 9.97 Å². The first-order chi connectivity index (χ1) is 60.5. The van der Waals surface area contributed by atoms with Crippen molar-refractivity contribution in [2.75, 3.05) is 0 Å². The molecule has 0 fully saturated rings. The molecule has 0 amide bonds. The Kier molecular flexibility index (Phi) is 15.7. The molecule has 564 valence electrons. The minimum atomic E-state index is 0.942. The van der Waals surface area contributed by atoms with Crippen LogP contribution in [0.4, 0.5) is 0 Å². The lowest BCUT2D eigenvalue weighted by Gasteiger charge is -2.17. The first-order valence-corrected chi connectivity index (χ1v) is 42.1. The first-order valence-electron chi connectivity index (χ1n) is 42.1. The Morgan fingerprint density at radius 2 is 0.385 bits per heavy atom. The average Bonchev–Trinajstić information content (AvgIpc) is 1.50. The summed E-state index contributed by atoms with van der Waals surface area (Å²) in [5, 5.41) is 20.5. The highest BCUT2D eigenvalue weighted by molar-refractivity contribution is 6.30. The minimum Gasteiger partial charge on any atom is -0.292 e. The van der Waals surface area contributed by atoms with Gasteiger partial charge in [0.1, 0.15) is 11.6 Å². The van der Waals surface area contributed by atoms with Crippen molar-refractivity contribution in [1.29, 1.82) is 0 Å². The molecule has 0 radical (unpaired) electrons. The Hall–Kier alpha value is -16.1. The smallest absolute Gasteiger partial charge is 0.145 e. The van der Waals surface area contributed by atoms with Crippen LogP contribution in [0.25, 0.3) is 254 Å². The summed E-state index contributed by atoms with van der Waals surface area (Å²) in [6, 6.07) is 160. The fourth-order valence-corrected chi connectivity index (χ4v) is 20.3. The molecule has 2 aromatic heterocycles. The van der Waals surface area contributed by atoms with Crippen LogP contribution in [-0.2, 0) is 0 Å². The van der Waals surface area contributed by atoms with E-state index in [1.165, 1.54) is 197 Å². The van der Waals surface area contributed by atoms with Crippen molar-refractivity contribution in [1.82, 2.24) is 19.1 Å². The Labute approximate surface area is 704 Å². The van der Waals surface area contributed by atoms with Gasteiger partial charge in [0.2, 0.25) is 0 Å². The van der Waals surface area contributed by atoms with Crippen LogP contribution in [0, 0.1) is 0 Å². The standard InChI is InChI=1S/2C59H36N2/c1-4-15-37(16-5-1)48-33-54-50(44-22-11-10-21-43(44)48)34-49(38-17-6-2-7-18-38)53-35-52-47-32-31-42(45-23-14-24-46(58(45)47)51(52)36-55(53)54)39-27-29-41(30-28-39)61-57-26-13-12-25-56(57)60-59(61)40-19-8-3-9-20-40;1-4-15-37(16-5-1)48-33-54-50(44-22-11-10-21-43(44)48)34-49(38-17-6-2-7-18-38)53-35-51-46-24-14-23-45-42(31-32-47(58(45)46)52(51)36-55(53)54)39-27-29-41(30-28-39)61-57-26-13-12-25-56(57)60-59(61)40-19-8-3-9-20-40/h2*1-36H. The van der Waals surface area contributed by atoms with Gasteiger partial charge in [-0.2, -0.15) is 0 Å². The highest BCUT2D eigenvalue weighted by atomic mass is 15.1. The Morgan fingerprint density at radius 3 is 0.746 bits per heavy atom. The molecule has 2 aliphatic carbocycles. The van der Waals surface area contributed by atoms with Crippen molar-refractivity contribution in [3.8, 4) is 145 Å². The van der Waals surface area contributed by atoms with Crippen molar-refractivity contribution >= 4 is 108 Å². The van der Waals surface area contributed by atoms with Gasteiger partial charge in [0, 0.05) is 22.5 Å².